The van der Waals surface area contributed by atoms with Crippen molar-refractivity contribution in [3.63, 3.8) is 0 Å². The molecule has 5 heteroatoms. The van der Waals surface area contributed by atoms with Crippen LogP contribution in [-0.4, -0.2) is 18.1 Å². The van der Waals surface area contributed by atoms with Gasteiger partial charge in [0.05, 0.1) is 5.52 Å². The van der Waals surface area contributed by atoms with E-state index in [1.807, 2.05) is 6.92 Å². The van der Waals surface area contributed by atoms with Gasteiger partial charge in [-0.05, 0) is 49.9 Å². The normalized spacial score (nSPS) is 13.8. The predicted molar refractivity (Wildman–Crippen MR) is 74.6 cm³/mol. The van der Waals surface area contributed by atoms with Crippen LogP contribution in [0.3, 0.4) is 0 Å². The first-order valence-electron chi connectivity index (χ1n) is 6.83. The Morgan fingerprint density at radius 1 is 1.35 bits per heavy atom. The number of aromatic nitrogens is 1. The molecule has 3 rings (SSSR count). The van der Waals surface area contributed by atoms with E-state index in [9.17, 15) is 8.78 Å². The molecule has 0 amide bonds. The molecule has 106 valence electrons. The Balaban J connectivity index is 2.16. The maximum atomic E-state index is 12.3. The van der Waals surface area contributed by atoms with E-state index in [0.717, 1.165) is 48.1 Å². The summed E-state index contributed by atoms with van der Waals surface area (Å²) < 4.78 is 29.2. The van der Waals surface area contributed by atoms with Gasteiger partial charge >= 0.3 is 6.61 Å². The van der Waals surface area contributed by atoms with Crippen molar-refractivity contribution in [1.82, 2.24) is 4.98 Å². The Kier molecular flexibility index (Phi) is 3.42. The highest BCUT2D eigenvalue weighted by atomic mass is 19.3. The number of hydrogen-bond acceptors (Lipinski definition) is 3. The number of nitrogens with zero attached hydrogens (tertiary/aromatic N) is 1. The fourth-order valence-corrected chi connectivity index (χ4v) is 2.80. The fraction of sp³-hybridized carbons (Fsp3) is 0.400. The number of alkyl halides is 2. The molecule has 0 fully saturated rings. The van der Waals surface area contributed by atoms with Crippen LogP contribution in [0.5, 0.6) is 5.75 Å². The van der Waals surface area contributed by atoms with Gasteiger partial charge in [-0.2, -0.15) is 8.78 Å². The van der Waals surface area contributed by atoms with Crippen LogP contribution in [0.2, 0.25) is 0 Å². The largest absolute Gasteiger partial charge is 0.435 e. The molecule has 0 aliphatic heterocycles. The highest BCUT2D eigenvalue weighted by Crippen LogP contribution is 2.35. The molecule has 1 aliphatic carbocycles. The summed E-state index contributed by atoms with van der Waals surface area (Å²) in [6, 6.07) is 4.93. The molecule has 1 aromatic carbocycles. The molecular weight excluding hydrogens is 262 g/mol. The summed E-state index contributed by atoms with van der Waals surface area (Å²) in [5.41, 5.74) is 4.18. The van der Waals surface area contributed by atoms with Crippen LogP contribution in [0.25, 0.3) is 10.9 Å². The summed E-state index contributed by atoms with van der Waals surface area (Å²) in [5.74, 6) is 0.173. The standard InChI is InChI=1S/C15H16F2N2O/c1-2-18-14-10-4-3-5-12(10)19-13-7-6-9(8-11(13)14)20-15(16)17/h6-8,15H,2-5H2,1H3,(H,18,19). The van der Waals surface area contributed by atoms with Crippen LogP contribution in [0.1, 0.15) is 24.6 Å². The first kappa shape index (κ1) is 13.1. The van der Waals surface area contributed by atoms with Crippen LogP contribution in [-0.2, 0) is 12.8 Å². The summed E-state index contributed by atoms with van der Waals surface area (Å²) in [6.07, 6.45) is 3.07. The lowest BCUT2D eigenvalue weighted by Gasteiger charge is -2.14. The summed E-state index contributed by atoms with van der Waals surface area (Å²) >= 11 is 0. The average molecular weight is 278 g/mol. The molecule has 1 N–H and O–H groups in total. The maximum absolute atomic E-state index is 12.3. The van der Waals surface area contributed by atoms with Crippen LogP contribution in [0.4, 0.5) is 14.5 Å². The number of benzene rings is 1. The number of nitrogens with one attached hydrogen (secondary N) is 1. The minimum atomic E-state index is -2.81. The third kappa shape index (κ3) is 2.28. The lowest BCUT2D eigenvalue weighted by atomic mass is 10.1. The Bertz CT molecular complexity index is 643. The summed E-state index contributed by atoms with van der Waals surface area (Å²) in [7, 11) is 0. The van der Waals surface area contributed by atoms with Crippen LogP contribution < -0.4 is 10.1 Å². The second kappa shape index (κ2) is 5.23. The minimum absolute atomic E-state index is 0.173. The van der Waals surface area contributed by atoms with E-state index in [1.165, 1.54) is 5.56 Å². The molecule has 1 heterocycles. The van der Waals surface area contributed by atoms with E-state index in [-0.39, 0.29) is 5.75 Å². The third-order valence-corrected chi connectivity index (χ3v) is 3.56. The summed E-state index contributed by atoms with van der Waals surface area (Å²) in [4.78, 5) is 4.64. The SMILES string of the molecule is CCNc1c2c(nc3ccc(OC(F)F)cc13)CCC2. The molecular formula is C15H16F2N2O. The number of ether oxygens (including phenoxy) is 1. The van der Waals surface area contributed by atoms with E-state index >= 15 is 0 Å². The maximum Gasteiger partial charge on any atom is 0.387 e. The first-order valence-corrected chi connectivity index (χ1v) is 6.83. The van der Waals surface area contributed by atoms with Crippen molar-refractivity contribution < 1.29 is 13.5 Å². The second-order valence-electron chi connectivity index (χ2n) is 4.85. The fourth-order valence-electron chi connectivity index (χ4n) is 2.80. The smallest absolute Gasteiger partial charge is 0.387 e. The second-order valence-corrected chi connectivity index (χ2v) is 4.85. The minimum Gasteiger partial charge on any atom is -0.435 e. The third-order valence-electron chi connectivity index (χ3n) is 3.56. The Morgan fingerprint density at radius 2 is 2.20 bits per heavy atom. The highest BCUT2D eigenvalue weighted by molar-refractivity contribution is 5.94. The summed E-state index contributed by atoms with van der Waals surface area (Å²) in [5, 5.41) is 4.20. The van der Waals surface area contributed by atoms with Gasteiger partial charge in [0.15, 0.2) is 0 Å². The van der Waals surface area contributed by atoms with E-state index < -0.39 is 6.61 Å². The van der Waals surface area contributed by atoms with Gasteiger partial charge in [-0.3, -0.25) is 4.98 Å². The van der Waals surface area contributed by atoms with Crippen molar-refractivity contribution in [2.24, 2.45) is 0 Å². The van der Waals surface area contributed by atoms with Gasteiger partial charge < -0.3 is 10.1 Å². The topological polar surface area (TPSA) is 34.2 Å². The number of fused-ring (bicyclic) bond motifs is 2. The number of pyridine rings is 1. The lowest BCUT2D eigenvalue weighted by molar-refractivity contribution is -0.0497. The molecule has 1 aromatic heterocycles. The lowest BCUT2D eigenvalue weighted by Crippen LogP contribution is -2.05. The van der Waals surface area contributed by atoms with E-state index in [2.05, 4.69) is 15.0 Å². The van der Waals surface area contributed by atoms with Crippen LogP contribution in [0, 0.1) is 0 Å². The predicted octanol–water partition coefficient (Wildman–Crippen LogP) is 3.76. The quantitative estimate of drug-likeness (QED) is 0.924. The van der Waals surface area contributed by atoms with Gasteiger partial charge in [-0.15, -0.1) is 0 Å². The molecule has 0 unspecified atom stereocenters. The van der Waals surface area contributed by atoms with Crippen LogP contribution in [0.15, 0.2) is 18.2 Å². The molecule has 0 saturated heterocycles. The zero-order valence-corrected chi connectivity index (χ0v) is 11.2. The molecule has 0 saturated carbocycles. The number of aryl methyl sites for hydroxylation is 1. The van der Waals surface area contributed by atoms with E-state index in [4.69, 9.17) is 0 Å². The van der Waals surface area contributed by atoms with Crippen molar-refractivity contribution in [1.29, 1.82) is 0 Å². The molecule has 20 heavy (non-hydrogen) atoms. The van der Waals surface area contributed by atoms with Gasteiger partial charge in [0.1, 0.15) is 5.75 Å². The van der Waals surface area contributed by atoms with E-state index in [1.54, 1.807) is 18.2 Å². The number of hydrogen-bond donors (Lipinski definition) is 1. The molecule has 0 bridgehead atoms. The van der Waals surface area contributed by atoms with Crippen molar-refractivity contribution in [2.75, 3.05) is 11.9 Å². The van der Waals surface area contributed by atoms with Gasteiger partial charge in [0.2, 0.25) is 0 Å². The van der Waals surface area contributed by atoms with Gasteiger partial charge in [0.25, 0.3) is 0 Å². The van der Waals surface area contributed by atoms with Crippen LogP contribution >= 0.6 is 0 Å². The monoisotopic (exact) mass is 278 g/mol. The first-order chi connectivity index (χ1) is 9.69. The Morgan fingerprint density at radius 3 is 2.95 bits per heavy atom. The van der Waals surface area contributed by atoms with Crippen molar-refractivity contribution in [3.8, 4) is 5.75 Å². The molecule has 1 aliphatic rings. The van der Waals surface area contributed by atoms with Gasteiger partial charge in [-0.1, -0.05) is 0 Å². The van der Waals surface area contributed by atoms with Gasteiger partial charge in [-0.25, -0.2) is 0 Å². The highest BCUT2D eigenvalue weighted by Gasteiger charge is 2.19. The number of anilines is 1. The molecule has 0 radical (unpaired) electrons. The Hall–Kier alpha value is -1.91. The number of halogens is 2. The molecule has 3 nitrogen and oxygen atoms in total. The van der Waals surface area contributed by atoms with E-state index in [0.29, 0.717) is 0 Å². The Labute approximate surface area is 116 Å². The molecule has 0 spiro atoms. The number of rotatable bonds is 4. The van der Waals surface area contributed by atoms with Crippen molar-refractivity contribution in [2.45, 2.75) is 32.8 Å². The molecule has 2 aromatic rings. The zero-order valence-electron chi connectivity index (χ0n) is 11.2. The average Bonchev–Trinajstić information content (AvgIpc) is 2.86. The summed E-state index contributed by atoms with van der Waals surface area (Å²) in [6.45, 7) is -0.00378. The van der Waals surface area contributed by atoms with Gasteiger partial charge in [0, 0.05) is 23.3 Å². The van der Waals surface area contributed by atoms with Crippen molar-refractivity contribution in [3.05, 3.63) is 29.5 Å². The zero-order chi connectivity index (χ0) is 14.1. The molecule has 0 atom stereocenters. The van der Waals surface area contributed by atoms with Crippen molar-refractivity contribution >= 4 is 16.6 Å².